The number of aliphatic hydroxyl groups excluding tert-OH is 3. The summed E-state index contributed by atoms with van der Waals surface area (Å²) in [6.45, 7) is 11.4. The van der Waals surface area contributed by atoms with Gasteiger partial charge in [0, 0.05) is 33.8 Å². The van der Waals surface area contributed by atoms with E-state index in [4.69, 9.17) is 0 Å². The average Bonchev–Trinajstić information content (AvgIpc) is 3.72. The lowest BCUT2D eigenvalue weighted by molar-refractivity contribution is 0.336. The second-order valence-corrected chi connectivity index (χ2v) is 16.9. The fourth-order valence-corrected chi connectivity index (χ4v) is 8.29. The smallest absolute Gasteiger partial charge is 0.206 e. The molecule has 0 atom stereocenters. The summed E-state index contributed by atoms with van der Waals surface area (Å²) >= 11 is 0. The number of hydrogen-bond donors (Lipinski definition) is 14. The molecule has 0 unspecified atom stereocenters. The maximum atomic E-state index is 11.8. The molecule has 0 bridgehead atoms. The minimum Gasteiger partial charge on any atom is -0.512 e. The van der Waals surface area contributed by atoms with Gasteiger partial charge >= 0.3 is 0 Å². The molecule has 7 aromatic rings. The Kier molecular flexibility index (Phi) is 9.20. The summed E-state index contributed by atoms with van der Waals surface area (Å²) in [5.41, 5.74) is -1.90. The van der Waals surface area contributed by atoms with Gasteiger partial charge in [-0.15, -0.1) is 0 Å². The summed E-state index contributed by atoms with van der Waals surface area (Å²) in [4.78, 5) is 0. The van der Waals surface area contributed by atoms with E-state index in [1.165, 1.54) is 22.1 Å². The molecule has 14 N–H and O–H groups in total. The standard InChI is InChI=1S/C45H44N2O14/c1-17-23(32(50)27(22(49)16-48)44(2,3)4)24-29(38(56)42(60)40(58)34(24)52)46(17)20-12-8-10-18(14-20)19-11-9-13-21(15-19)47-30-25(26-31(47)39(57)43(61)41(59)35(26)53)33(51)28(45(5,6)7)36(54)37(30)55/h8-16,48-61H,1-7H3/b22-16-,32-27-. The third kappa shape index (κ3) is 5.81. The van der Waals surface area contributed by atoms with Crippen LogP contribution in [-0.2, 0) is 5.41 Å². The van der Waals surface area contributed by atoms with Crippen molar-refractivity contribution in [2.75, 3.05) is 0 Å². The number of fused-ring (bicyclic) bond motifs is 4. The molecule has 0 radical (unpaired) electrons. The highest BCUT2D eigenvalue weighted by atomic mass is 16.4. The molecule has 7 rings (SSSR count). The molecule has 0 fully saturated rings. The van der Waals surface area contributed by atoms with Crippen molar-refractivity contribution in [1.29, 1.82) is 0 Å². The molecule has 0 aliphatic carbocycles. The van der Waals surface area contributed by atoms with E-state index in [9.17, 15) is 71.5 Å². The summed E-state index contributed by atoms with van der Waals surface area (Å²) in [7, 11) is 0. The maximum absolute atomic E-state index is 11.8. The topological polar surface area (TPSA) is 293 Å². The largest absolute Gasteiger partial charge is 0.512 e. The first-order chi connectivity index (χ1) is 28.4. The van der Waals surface area contributed by atoms with Crippen molar-refractivity contribution in [3.63, 3.8) is 0 Å². The highest BCUT2D eigenvalue weighted by Crippen LogP contribution is 2.59. The number of rotatable bonds is 5. The monoisotopic (exact) mass is 836 g/mol. The van der Waals surface area contributed by atoms with Gasteiger partial charge in [0.2, 0.25) is 23.0 Å². The SMILES string of the molecule is Cc1c(/C(O)=C(\C(O)=C\O)C(C)(C)C)c2c(O)c(O)c(O)c(O)c2n1-c1cccc(-c2cccc(-n3c4c(O)c(O)c(O)c(O)c4c4c(O)c(C(C)(C)C)c(O)c(O)c43)c2)c1. The number of aromatic hydroxyl groups is 11. The maximum Gasteiger partial charge on any atom is 0.206 e. The third-order valence-corrected chi connectivity index (χ3v) is 10.9. The van der Waals surface area contributed by atoms with Crippen molar-refractivity contribution in [1.82, 2.24) is 9.13 Å². The van der Waals surface area contributed by atoms with Crippen molar-refractivity contribution in [2.24, 2.45) is 5.41 Å². The third-order valence-electron chi connectivity index (χ3n) is 10.9. The lowest BCUT2D eigenvalue weighted by atomic mass is 9.83. The summed E-state index contributed by atoms with van der Waals surface area (Å²) in [6, 6.07) is 12.9. The van der Waals surface area contributed by atoms with Crippen molar-refractivity contribution in [2.45, 2.75) is 53.9 Å². The molecule has 16 heteroatoms. The first-order valence-electron chi connectivity index (χ1n) is 18.7. The minimum absolute atomic E-state index is 0.104. The highest BCUT2D eigenvalue weighted by molar-refractivity contribution is 6.20. The number of hydrogen-bond acceptors (Lipinski definition) is 14. The number of phenolic OH excluding ortho intramolecular Hbond substituents is 11. The minimum atomic E-state index is -1.10. The highest BCUT2D eigenvalue weighted by Gasteiger charge is 2.36. The van der Waals surface area contributed by atoms with Crippen molar-refractivity contribution in [3.8, 4) is 85.7 Å². The van der Waals surface area contributed by atoms with E-state index in [2.05, 4.69) is 0 Å². The van der Waals surface area contributed by atoms with Gasteiger partial charge in [0.05, 0.1) is 16.2 Å². The van der Waals surface area contributed by atoms with Gasteiger partial charge in [-0.2, -0.15) is 0 Å². The van der Waals surface area contributed by atoms with E-state index in [1.807, 2.05) is 0 Å². The Hall–Kier alpha value is -7.88. The normalized spacial score (nSPS) is 13.1. The number of phenols is 11. The number of allylic oxidation sites excluding steroid dienone is 1. The molecular formula is C45H44N2O14. The second kappa shape index (κ2) is 13.6. The van der Waals surface area contributed by atoms with Gasteiger partial charge in [0.15, 0.2) is 40.3 Å². The van der Waals surface area contributed by atoms with Gasteiger partial charge < -0.3 is 80.6 Å². The Morgan fingerprint density at radius 2 is 0.918 bits per heavy atom. The Morgan fingerprint density at radius 1 is 0.508 bits per heavy atom. The van der Waals surface area contributed by atoms with Crippen LogP contribution >= 0.6 is 0 Å². The fourth-order valence-electron chi connectivity index (χ4n) is 8.29. The van der Waals surface area contributed by atoms with Crippen LogP contribution in [0.4, 0.5) is 0 Å². The lowest BCUT2D eigenvalue weighted by Gasteiger charge is -2.24. The van der Waals surface area contributed by atoms with Crippen LogP contribution in [0.3, 0.4) is 0 Å². The molecule has 0 amide bonds. The molecule has 61 heavy (non-hydrogen) atoms. The number of nitrogens with zero attached hydrogens (tertiary/aromatic N) is 2. The Labute approximate surface area is 346 Å². The zero-order valence-electron chi connectivity index (χ0n) is 33.9. The molecule has 0 aliphatic rings. The molecular weight excluding hydrogens is 792 g/mol. The predicted molar refractivity (Wildman–Crippen MR) is 227 cm³/mol. The number of aromatic nitrogens is 2. The van der Waals surface area contributed by atoms with E-state index in [0.717, 1.165) is 0 Å². The van der Waals surface area contributed by atoms with Crippen LogP contribution in [-0.4, -0.2) is 80.6 Å². The van der Waals surface area contributed by atoms with Crippen LogP contribution in [0.15, 0.2) is 66.1 Å². The zero-order chi connectivity index (χ0) is 45.1. The van der Waals surface area contributed by atoms with Crippen LogP contribution < -0.4 is 0 Å². The van der Waals surface area contributed by atoms with Gasteiger partial charge in [0.25, 0.3) is 0 Å². The van der Waals surface area contributed by atoms with Gasteiger partial charge in [0.1, 0.15) is 34.3 Å². The van der Waals surface area contributed by atoms with E-state index in [1.54, 1.807) is 84.0 Å². The summed E-state index contributed by atoms with van der Waals surface area (Å²) in [5.74, 6) is -11.3. The van der Waals surface area contributed by atoms with Crippen molar-refractivity contribution < 1.29 is 71.5 Å². The average molecular weight is 837 g/mol. The Balaban J connectivity index is 1.54. The summed E-state index contributed by atoms with van der Waals surface area (Å²) in [5, 5.41) is 154. The molecule has 2 heterocycles. The molecule has 0 saturated carbocycles. The number of benzene rings is 5. The van der Waals surface area contributed by atoms with Crippen molar-refractivity contribution >= 4 is 38.5 Å². The molecule has 2 aromatic heterocycles. The van der Waals surface area contributed by atoms with Crippen molar-refractivity contribution in [3.05, 3.63) is 82.9 Å². The molecule has 0 saturated heterocycles. The van der Waals surface area contributed by atoms with Crippen LogP contribution in [0.2, 0.25) is 0 Å². The molecule has 318 valence electrons. The number of aliphatic hydroxyl groups is 3. The first kappa shape index (κ1) is 41.3. The van der Waals surface area contributed by atoms with Gasteiger partial charge in [-0.05, 0) is 53.1 Å². The molecule has 16 nitrogen and oxygen atoms in total. The van der Waals surface area contributed by atoms with Crippen LogP contribution in [0, 0.1) is 12.3 Å². The quantitative estimate of drug-likeness (QED) is 0.0333. The van der Waals surface area contributed by atoms with Crippen LogP contribution in [0.1, 0.15) is 58.4 Å². The molecule has 0 aliphatic heterocycles. The van der Waals surface area contributed by atoms with E-state index < -0.39 is 85.6 Å². The predicted octanol–water partition coefficient (Wildman–Crippen LogP) is 9.03. The van der Waals surface area contributed by atoms with Gasteiger partial charge in [-0.1, -0.05) is 65.8 Å². The fraction of sp³-hybridized carbons (Fsp3) is 0.200. The second-order valence-electron chi connectivity index (χ2n) is 16.9. The molecule has 0 spiro atoms. The Morgan fingerprint density at radius 3 is 1.38 bits per heavy atom. The zero-order valence-corrected chi connectivity index (χ0v) is 33.9. The van der Waals surface area contributed by atoms with Gasteiger partial charge in [-0.25, -0.2) is 0 Å². The summed E-state index contributed by atoms with van der Waals surface area (Å²) < 4.78 is 2.55. The first-order valence-corrected chi connectivity index (χ1v) is 18.7. The summed E-state index contributed by atoms with van der Waals surface area (Å²) in [6.07, 6.45) is 0.384. The van der Waals surface area contributed by atoms with E-state index >= 15 is 0 Å². The van der Waals surface area contributed by atoms with E-state index in [-0.39, 0.29) is 66.5 Å². The van der Waals surface area contributed by atoms with Crippen LogP contribution in [0.5, 0.6) is 63.2 Å². The lowest BCUT2D eigenvalue weighted by Crippen LogP contribution is -2.14. The Bertz CT molecular complexity index is 3100. The van der Waals surface area contributed by atoms with E-state index in [0.29, 0.717) is 17.4 Å². The molecule has 5 aromatic carbocycles. The van der Waals surface area contributed by atoms with Crippen LogP contribution in [0.25, 0.3) is 61.0 Å². The van der Waals surface area contributed by atoms with Gasteiger partial charge in [-0.3, -0.25) is 0 Å².